The summed E-state index contributed by atoms with van der Waals surface area (Å²) in [5.74, 6) is 0.710. The molecule has 2 fully saturated rings. The van der Waals surface area contributed by atoms with Gasteiger partial charge in [0.05, 0.1) is 6.42 Å². The van der Waals surface area contributed by atoms with E-state index in [2.05, 4.69) is 10.3 Å². The molecule has 0 bridgehead atoms. The minimum atomic E-state index is 0.0140. The normalized spacial score (nSPS) is 18.3. The third kappa shape index (κ3) is 4.07. The van der Waals surface area contributed by atoms with E-state index >= 15 is 0 Å². The molecule has 3 amide bonds. The van der Waals surface area contributed by atoms with Crippen molar-refractivity contribution >= 4 is 23.0 Å². The molecule has 27 heavy (non-hydrogen) atoms. The van der Waals surface area contributed by atoms with Crippen molar-refractivity contribution in [2.75, 3.05) is 26.2 Å². The molecule has 0 spiro atoms. The molecule has 1 saturated carbocycles. The van der Waals surface area contributed by atoms with Crippen LogP contribution in [0.25, 0.3) is 11.1 Å². The number of nitrogens with zero attached hydrogens (tertiary/aromatic N) is 3. The lowest BCUT2D eigenvalue weighted by Gasteiger charge is -2.35. The van der Waals surface area contributed by atoms with Gasteiger partial charge in [0.25, 0.3) is 0 Å². The Morgan fingerprint density at radius 2 is 1.85 bits per heavy atom. The van der Waals surface area contributed by atoms with Crippen molar-refractivity contribution in [2.45, 2.75) is 45.1 Å². The maximum atomic E-state index is 12.6. The zero-order valence-electron chi connectivity index (χ0n) is 15.7. The van der Waals surface area contributed by atoms with Crippen molar-refractivity contribution in [3.8, 4) is 0 Å². The fourth-order valence-corrected chi connectivity index (χ4v) is 3.98. The van der Waals surface area contributed by atoms with Crippen LogP contribution in [0.15, 0.2) is 22.6 Å². The molecule has 2 heterocycles. The SMILES string of the molecule is Cc1nc2ccc(CC(=O)N3CCN(C(=O)NC4CCCC4)CC3)cc2o1. The molecule has 1 saturated heterocycles. The Morgan fingerprint density at radius 3 is 2.59 bits per heavy atom. The largest absolute Gasteiger partial charge is 0.441 e. The lowest BCUT2D eigenvalue weighted by Crippen LogP contribution is -2.54. The predicted molar refractivity (Wildman–Crippen MR) is 101 cm³/mol. The summed E-state index contributed by atoms with van der Waals surface area (Å²) in [6.07, 6.45) is 4.90. The molecule has 7 nitrogen and oxygen atoms in total. The molecular weight excluding hydrogens is 344 g/mol. The molecule has 0 atom stereocenters. The van der Waals surface area contributed by atoms with E-state index in [0.29, 0.717) is 50.1 Å². The van der Waals surface area contributed by atoms with E-state index in [1.165, 1.54) is 12.8 Å². The van der Waals surface area contributed by atoms with E-state index in [-0.39, 0.29) is 11.9 Å². The summed E-state index contributed by atoms with van der Waals surface area (Å²) < 4.78 is 5.54. The van der Waals surface area contributed by atoms with Gasteiger partial charge < -0.3 is 19.5 Å². The van der Waals surface area contributed by atoms with Crippen molar-refractivity contribution in [1.82, 2.24) is 20.1 Å². The Morgan fingerprint density at radius 1 is 1.15 bits per heavy atom. The van der Waals surface area contributed by atoms with E-state index in [9.17, 15) is 9.59 Å². The Kier molecular flexibility index (Phi) is 5.01. The molecular formula is C20H26N4O3. The van der Waals surface area contributed by atoms with Crippen LogP contribution in [-0.4, -0.2) is 58.9 Å². The molecule has 1 aliphatic carbocycles. The van der Waals surface area contributed by atoms with Gasteiger partial charge >= 0.3 is 6.03 Å². The summed E-state index contributed by atoms with van der Waals surface area (Å²) in [7, 11) is 0. The Bertz CT molecular complexity index is 833. The maximum Gasteiger partial charge on any atom is 0.317 e. The van der Waals surface area contributed by atoms with Gasteiger partial charge in [0.2, 0.25) is 5.91 Å². The van der Waals surface area contributed by atoms with Crippen LogP contribution in [0.2, 0.25) is 0 Å². The Balaban J connectivity index is 1.29. The topological polar surface area (TPSA) is 78.7 Å². The van der Waals surface area contributed by atoms with Gasteiger partial charge in [-0.15, -0.1) is 0 Å². The second-order valence-electron chi connectivity index (χ2n) is 7.51. The lowest BCUT2D eigenvalue weighted by molar-refractivity contribution is -0.131. The summed E-state index contributed by atoms with van der Waals surface area (Å²) in [5.41, 5.74) is 2.45. The van der Waals surface area contributed by atoms with Crippen LogP contribution < -0.4 is 5.32 Å². The second kappa shape index (κ2) is 7.58. The van der Waals surface area contributed by atoms with Gasteiger partial charge in [-0.25, -0.2) is 9.78 Å². The first-order valence-electron chi connectivity index (χ1n) is 9.78. The average molecular weight is 370 g/mol. The first-order valence-corrected chi connectivity index (χ1v) is 9.78. The van der Waals surface area contributed by atoms with Crippen molar-refractivity contribution < 1.29 is 14.0 Å². The number of amides is 3. The number of hydrogen-bond acceptors (Lipinski definition) is 4. The number of carbonyl (C=O) groups is 2. The zero-order chi connectivity index (χ0) is 18.8. The summed E-state index contributed by atoms with van der Waals surface area (Å²) in [5, 5.41) is 3.12. The molecule has 2 aromatic rings. The van der Waals surface area contributed by atoms with Crippen LogP contribution in [0.4, 0.5) is 4.79 Å². The minimum absolute atomic E-state index is 0.0140. The molecule has 2 aliphatic rings. The summed E-state index contributed by atoms with van der Waals surface area (Å²) >= 11 is 0. The maximum absolute atomic E-state index is 12.6. The summed E-state index contributed by atoms with van der Waals surface area (Å²) in [6, 6.07) is 6.04. The number of benzene rings is 1. The fraction of sp³-hybridized carbons (Fsp3) is 0.550. The summed E-state index contributed by atoms with van der Waals surface area (Å²) in [4.78, 5) is 32.9. The molecule has 1 N–H and O–H groups in total. The Labute approximate surface area is 158 Å². The third-order valence-electron chi connectivity index (χ3n) is 5.52. The van der Waals surface area contributed by atoms with Gasteiger partial charge in [-0.1, -0.05) is 18.9 Å². The first kappa shape index (κ1) is 17.8. The number of nitrogens with one attached hydrogen (secondary N) is 1. The number of rotatable bonds is 3. The predicted octanol–water partition coefficient (Wildman–Crippen LogP) is 2.48. The van der Waals surface area contributed by atoms with Crippen LogP contribution in [0.1, 0.15) is 37.1 Å². The van der Waals surface area contributed by atoms with Crippen LogP contribution in [-0.2, 0) is 11.2 Å². The fourth-order valence-electron chi connectivity index (χ4n) is 3.98. The third-order valence-corrected chi connectivity index (χ3v) is 5.52. The van der Waals surface area contributed by atoms with Crippen LogP contribution in [0, 0.1) is 6.92 Å². The van der Waals surface area contributed by atoms with Crippen molar-refractivity contribution in [1.29, 1.82) is 0 Å². The molecule has 4 rings (SSSR count). The second-order valence-corrected chi connectivity index (χ2v) is 7.51. The van der Waals surface area contributed by atoms with Crippen molar-refractivity contribution in [3.05, 3.63) is 29.7 Å². The van der Waals surface area contributed by atoms with Crippen LogP contribution in [0.5, 0.6) is 0 Å². The monoisotopic (exact) mass is 370 g/mol. The highest BCUT2D eigenvalue weighted by Gasteiger charge is 2.26. The highest BCUT2D eigenvalue weighted by atomic mass is 16.3. The molecule has 7 heteroatoms. The van der Waals surface area contributed by atoms with Gasteiger partial charge in [0.1, 0.15) is 5.52 Å². The smallest absolute Gasteiger partial charge is 0.317 e. The van der Waals surface area contributed by atoms with Crippen LogP contribution in [0.3, 0.4) is 0 Å². The quantitative estimate of drug-likeness (QED) is 0.900. The van der Waals surface area contributed by atoms with E-state index in [1.54, 1.807) is 0 Å². The van der Waals surface area contributed by atoms with Gasteiger partial charge in [-0.2, -0.15) is 0 Å². The number of urea groups is 1. The van der Waals surface area contributed by atoms with Gasteiger partial charge in [-0.05, 0) is 30.5 Å². The van der Waals surface area contributed by atoms with Gasteiger partial charge in [0.15, 0.2) is 11.5 Å². The molecule has 1 aliphatic heterocycles. The first-order chi connectivity index (χ1) is 13.1. The number of hydrogen-bond donors (Lipinski definition) is 1. The van der Waals surface area contributed by atoms with E-state index in [1.807, 2.05) is 34.9 Å². The Hall–Kier alpha value is -2.57. The number of oxazole rings is 1. The number of carbonyl (C=O) groups excluding carboxylic acids is 2. The van der Waals surface area contributed by atoms with E-state index < -0.39 is 0 Å². The highest BCUT2D eigenvalue weighted by Crippen LogP contribution is 2.19. The van der Waals surface area contributed by atoms with E-state index in [0.717, 1.165) is 23.9 Å². The van der Waals surface area contributed by atoms with Crippen molar-refractivity contribution in [2.24, 2.45) is 0 Å². The average Bonchev–Trinajstić information content (AvgIpc) is 3.30. The molecule has 0 radical (unpaired) electrons. The van der Waals surface area contributed by atoms with E-state index in [4.69, 9.17) is 4.42 Å². The molecule has 1 aromatic heterocycles. The molecule has 0 unspecified atom stereocenters. The number of aryl methyl sites for hydroxylation is 1. The standard InChI is InChI=1S/C20H26N4O3/c1-14-21-17-7-6-15(12-18(17)27-14)13-19(25)23-8-10-24(11-9-23)20(26)22-16-4-2-3-5-16/h6-7,12,16H,2-5,8-11,13H2,1H3,(H,22,26). The van der Waals surface area contributed by atoms with Crippen molar-refractivity contribution in [3.63, 3.8) is 0 Å². The summed E-state index contributed by atoms with van der Waals surface area (Å²) in [6.45, 7) is 4.16. The minimum Gasteiger partial charge on any atom is -0.441 e. The molecule has 144 valence electrons. The number of aromatic nitrogens is 1. The van der Waals surface area contributed by atoms with Crippen LogP contribution >= 0.6 is 0 Å². The van der Waals surface area contributed by atoms with Gasteiger partial charge in [-0.3, -0.25) is 4.79 Å². The number of piperazine rings is 1. The lowest BCUT2D eigenvalue weighted by atomic mass is 10.1. The molecule has 1 aromatic carbocycles. The van der Waals surface area contributed by atoms with Gasteiger partial charge in [0, 0.05) is 39.1 Å². The number of fused-ring (bicyclic) bond motifs is 1. The zero-order valence-corrected chi connectivity index (χ0v) is 15.7. The highest BCUT2D eigenvalue weighted by molar-refractivity contribution is 5.81.